The maximum Gasteiger partial charge on any atom is 0.333 e. The number of nitrogens with zero attached hydrogens (tertiary/aromatic N) is 4. The van der Waals surface area contributed by atoms with E-state index in [1.807, 2.05) is 66.1 Å². The molecule has 1 aliphatic heterocycles. The second-order valence-electron chi connectivity index (χ2n) is 9.60. The second kappa shape index (κ2) is 10.6. The molecule has 3 aromatic carbocycles. The number of hydrogen-bond acceptors (Lipinski definition) is 3. The van der Waals surface area contributed by atoms with Crippen molar-refractivity contribution in [1.29, 1.82) is 0 Å². The number of rotatable bonds is 8. The minimum atomic E-state index is -0.180. The lowest BCUT2D eigenvalue weighted by Gasteiger charge is -2.35. The van der Waals surface area contributed by atoms with E-state index in [0.717, 1.165) is 73.5 Å². The molecule has 0 saturated carbocycles. The summed E-state index contributed by atoms with van der Waals surface area (Å²) in [5.41, 5.74) is 5.39. The molecular weight excluding hydrogens is 451 g/mol. The SMILES string of the molecule is C=C(C)n1c(=O)n(CCCN2CCN(Cc3ccccc3-c3ccccc3F)CC2)c2ccccc21. The summed E-state index contributed by atoms with van der Waals surface area (Å²) in [6, 6.07) is 23.0. The van der Waals surface area contributed by atoms with Gasteiger partial charge in [-0.05, 0) is 49.2 Å². The average molecular weight is 485 g/mol. The van der Waals surface area contributed by atoms with E-state index in [-0.39, 0.29) is 11.5 Å². The third kappa shape index (κ3) is 4.92. The van der Waals surface area contributed by atoms with E-state index in [4.69, 9.17) is 0 Å². The number of aromatic nitrogens is 2. The van der Waals surface area contributed by atoms with Crippen LogP contribution >= 0.6 is 0 Å². The van der Waals surface area contributed by atoms with Gasteiger partial charge in [-0.25, -0.2) is 9.18 Å². The van der Waals surface area contributed by atoms with Crippen molar-refractivity contribution in [3.05, 3.63) is 101 Å². The lowest BCUT2D eigenvalue weighted by Crippen LogP contribution is -2.46. The summed E-state index contributed by atoms with van der Waals surface area (Å²) >= 11 is 0. The Labute approximate surface area is 211 Å². The lowest BCUT2D eigenvalue weighted by molar-refractivity contribution is 0.125. The molecule has 0 atom stereocenters. The topological polar surface area (TPSA) is 33.4 Å². The van der Waals surface area contributed by atoms with Crippen molar-refractivity contribution in [3.8, 4) is 11.1 Å². The summed E-state index contributed by atoms with van der Waals surface area (Å²) in [4.78, 5) is 17.9. The van der Waals surface area contributed by atoms with Crippen molar-refractivity contribution >= 4 is 16.7 Å². The van der Waals surface area contributed by atoms with Gasteiger partial charge in [0.15, 0.2) is 0 Å². The Morgan fingerprint density at radius 3 is 2.14 bits per heavy atom. The molecule has 0 bridgehead atoms. The maximum atomic E-state index is 14.4. The van der Waals surface area contributed by atoms with E-state index < -0.39 is 0 Å². The van der Waals surface area contributed by atoms with Gasteiger partial charge in [-0.3, -0.25) is 14.0 Å². The van der Waals surface area contributed by atoms with Gasteiger partial charge in [0.2, 0.25) is 0 Å². The standard InChI is InChI=1S/C30H33FN4O/c1-23(2)35-29-15-8-7-14-28(29)34(30(35)36)17-9-16-32-18-20-33(21-19-32)22-24-10-3-4-11-25(24)26-12-5-6-13-27(26)31/h3-8,10-15H,1,9,16-22H2,2H3. The molecule has 5 rings (SSSR count). The van der Waals surface area contributed by atoms with Crippen molar-refractivity contribution in [1.82, 2.24) is 18.9 Å². The summed E-state index contributed by atoms with van der Waals surface area (Å²) < 4.78 is 18.0. The van der Waals surface area contributed by atoms with E-state index in [0.29, 0.717) is 12.1 Å². The summed E-state index contributed by atoms with van der Waals surface area (Å²) in [6.07, 6.45) is 0.917. The molecule has 5 nitrogen and oxygen atoms in total. The van der Waals surface area contributed by atoms with Crippen molar-refractivity contribution in [2.45, 2.75) is 26.4 Å². The maximum absolute atomic E-state index is 14.4. The van der Waals surface area contributed by atoms with Gasteiger partial charge >= 0.3 is 5.69 Å². The third-order valence-corrected chi connectivity index (χ3v) is 7.11. The minimum absolute atomic E-state index is 0.0120. The highest BCUT2D eigenvalue weighted by Gasteiger charge is 2.19. The van der Waals surface area contributed by atoms with Crippen LogP contribution in [0.1, 0.15) is 18.9 Å². The summed E-state index contributed by atoms with van der Waals surface area (Å²) in [5, 5.41) is 0. The van der Waals surface area contributed by atoms with Crippen LogP contribution in [0.25, 0.3) is 27.9 Å². The number of piperazine rings is 1. The van der Waals surface area contributed by atoms with Crippen LogP contribution in [0.2, 0.25) is 0 Å². The van der Waals surface area contributed by atoms with Crippen molar-refractivity contribution in [2.24, 2.45) is 0 Å². The fourth-order valence-corrected chi connectivity index (χ4v) is 5.26. The third-order valence-electron chi connectivity index (χ3n) is 7.11. The zero-order chi connectivity index (χ0) is 25.1. The molecule has 4 aromatic rings. The van der Waals surface area contributed by atoms with Crippen LogP contribution in [-0.4, -0.2) is 51.7 Å². The Morgan fingerprint density at radius 1 is 0.806 bits per heavy atom. The van der Waals surface area contributed by atoms with Gasteiger partial charge < -0.3 is 4.90 Å². The first-order valence-electron chi connectivity index (χ1n) is 12.7. The molecule has 0 unspecified atom stereocenters. The molecule has 0 N–H and O–H groups in total. The van der Waals surface area contributed by atoms with Gasteiger partial charge in [-0.2, -0.15) is 0 Å². The molecule has 2 heterocycles. The van der Waals surface area contributed by atoms with Crippen LogP contribution in [0, 0.1) is 5.82 Å². The highest BCUT2D eigenvalue weighted by molar-refractivity contribution is 5.79. The summed E-state index contributed by atoms with van der Waals surface area (Å²) in [6.45, 7) is 12.2. The Bertz CT molecular complexity index is 1430. The number of allylic oxidation sites excluding steroid dienone is 1. The normalized spacial score (nSPS) is 14.9. The molecule has 186 valence electrons. The summed E-state index contributed by atoms with van der Waals surface area (Å²) in [5.74, 6) is -0.180. The number of fused-ring (bicyclic) bond motifs is 1. The Balaban J connectivity index is 1.18. The minimum Gasteiger partial charge on any atom is -0.301 e. The molecule has 36 heavy (non-hydrogen) atoms. The average Bonchev–Trinajstić information content (AvgIpc) is 3.17. The predicted molar refractivity (Wildman–Crippen MR) is 145 cm³/mol. The van der Waals surface area contributed by atoms with Gasteiger partial charge in [-0.1, -0.05) is 61.2 Å². The number of hydrogen-bond donors (Lipinski definition) is 0. The van der Waals surface area contributed by atoms with E-state index in [1.54, 1.807) is 10.6 Å². The number of aryl methyl sites for hydroxylation is 1. The van der Waals surface area contributed by atoms with Crippen LogP contribution in [0.4, 0.5) is 4.39 Å². The number of halogens is 1. The first-order valence-corrected chi connectivity index (χ1v) is 12.7. The number of imidazole rings is 1. The number of benzene rings is 3. The van der Waals surface area contributed by atoms with Crippen LogP contribution in [0.3, 0.4) is 0 Å². The Hall–Kier alpha value is -3.48. The predicted octanol–water partition coefficient (Wildman–Crippen LogP) is 5.31. The van der Waals surface area contributed by atoms with Gasteiger partial charge in [0, 0.05) is 50.5 Å². The molecule has 1 saturated heterocycles. The smallest absolute Gasteiger partial charge is 0.301 e. The van der Waals surface area contributed by atoms with Crippen molar-refractivity contribution < 1.29 is 4.39 Å². The molecule has 1 aromatic heterocycles. The van der Waals surface area contributed by atoms with Crippen LogP contribution in [-0.2, 0) is 13.1 Å². The first-order chi connectivity index (χ1) is 17.5. The molecule has 1 aliphatic rings. The molecule has 0 spiro atoms. The highest BCUT2D eigenvalue weighted by atomic mass is 19.1. The Morgan fingerprint density at radius 2 is 1.42 bits per heavy atom. The van der Waals surface area contributed by atoms with E-state index in [2.05, 4.69) is 22.4 Å². The van der Waals surface area contributed by atoms with E-state index in [9.17, 15) is 9.18 Å². The lowest BCUT2D eigenvalue weighted by atomic mass is 9.98. The Kier molecular flexibility index (Phi) is 7.16. The molecular formula is C30H33FN4O. The molecule has 0 radical (unpaired) electrons. The quantitative estimate of drug-likeness (QED) is 0.340. The van der Waals surface area contributed by atoms with Crippen molar-refractivity contribution in [3.63, 3.8) is 0 Å². The summed E-state index contributed by atoms with van der Waals surface area (Å²) in [7, 11) is 0. The van der Waals surface area contributed by atoms with E-state index in [1.165, 1.54) is 6.07 Å². The fraction of sp³-hybridized carbons (Fsp3) is 0.300. The zero-order valence-electron chi connectivity index (χ0n) is 20.9. The number of para-hydroxylation sites is 2. The van der Waals surface area contributed by atoms with Gasteiger partial charge in [0.1, 0.15) is 5.82 Å². The largest absolute Gasteiger partial charge is 0.333 e. The first kappa shape index (κ1) is 24.2. The zero-order valence-corrected chi connectivity index (χ0v) is 20.9. The van der Waals surface area contributed by atoms with Crippen molar-refractivity contribution in [2.75, 3.05) is 32.7 Å². The van der Waals surface area contributed by atoms with Crippen LogP contribution in [0.5, 0.6) is 0 Å². The van der Waals surface area contributed by atoms with E-state index >= 15 is 0 Å². The second-order valence-corrected chi connectivity index (χ2v) is 9.60. The van der Waals surface area contributed by atoms with Gasteiger partial charge in [0.25, 0.3) is 0 Å². The monoisotopic (exact) mass is 484 g/mol. The van der Waals surface area contributed by atoms with Gasteiger partial charge in [0.05, 0.1) is 11.0 Å². The fourth-order valence-electron chi connectivity index (χ4n) is 5.26. The van der Waals surface area contributed by atoms with Crippen LogP contribution < -0.4 is 5.69 Å². The molecule has 0 aliphatic carbocycles. The van der Waals surface area contributed by atoms with Gasteiger partial charge in [-0.15, -0.1) is 0 Å². The highest BCUT2D eigenvalue weighted by Crippen LogP contribution is 2.27. The molecule has 0 amide bonds. The molecule has 1 fully saturated rings. The molecule has 6 heteroatoms. The van der Waals surface area contributed by atoms with Crippen LogP contribution in [0.15, 0.2) is 84.2 Å².